The zero-order valence-electron chi connectivity index (χ0n) is 19.9. The molecule has 0 radical (unpaired) electrons. The number of β-amino-alcohol motifs (C(OH)–C–C–N with tert-alkyl or cyclic N) is 1. The number of primary amides is 1. The number of anilines is 2. The van der Waals surface area contributed by atoms with Gasteiger partial charge < -0.3 is 21.1 Å². The van der Waals surface area contributed by atoms with Crippen molar-refractivity contribution in [2.75, 3.05) is 42.9 Å². The summed E-state index contributed by atoms with van der Waals surface area (Å²) in [7, 11) is 0. The van der Waals surface area contributed by atoms with Gasteiger partial charge in [-0.25, -0.2) is 23.1 Å². The fourth-order valence-corrected chi connectivity index (χ4v) is 4.85. The number of likely N-dealkylation sites (tertiary alicyclic amines) is 1. The number of alkyl halides is 5. The van der Waals surface area contributed by atoms with Crippen molar-refractivity contribution < 1.29 is 40.6 Å². The molecule has 1 aromatic heterocycles. The SMILES string of the molecule is NC(=O)CN1CCC(CNc2ncnc(N3CC(F)(F)CC3c3ccc(C(F)(F)F)cc3F)c2F)C(O)C1. The molecule has 2 aromatic rings. The van der Waals surface area contributed by atoms with Crippen LogP contribution in [0.25, 0.3) is 0 Å². The van der Waals surface area contributed by atoms with E-state index in [1.165, 1.54) is 0 Å². The Bertz CT molecular complexity index is 1180. The summed E-state index contributed by atoms with van der Waals surface area (Å²) in [5.74, 6) is -7.65. The smallest absolute Gasteiger partial charge is 0.391 e. The van der Waals surface area contributed by atoms with Gasteiger partial charge in [0.2, 0.25) is 11.7 Å². The summed E-state index contributed by atoms with van der Waals surface area (Å²) >= 11 is 0. The summed E-state index contributed by atoms with van der Waals surface area (Å²) in [5, 5.41) is 13.1. The molecule has 0 saturated carbocycles. The molecule has 15 heteroatoms. The largest absolute Gasteiger partial charge is 0.416 e. The van der Waals surface area contributed by atoms with Gasteiger partial charge in [-0.05, 0) is 25.1 Å². The monoisotopic (exact) mass is 550 g/mol. The second-order valence-electron chi connectivity index (χ2n) is 9.50. The molecule has 3 unspecified atom stereocenters. The third kappa shape index (κ3) is 6.09. The molecule has 0 bridgehead atoms. The second kappa shape index (κ2) is 10.5. The second-order valence-corrected chi connectivity index (χ2v) is 9.50. The number of hydrogen-bond acceptors (Lipinski definition) is 7. The van der Waals surface area contributed by atoms with E-state index >= 15 is 4.39 Å². The van der Waals surface area contributed by atoms with Crippen LogP contribution >= 0.6 is 0 Å². The van der Waals surface area contributed by atoms with Crippen LogP contribution in [0.1, 0.15) is 30.0 Å². The molecule has 2 saturated heterocycles. The quantitative estimate of drug-likeness (QED) is 0.455. The van der Waals surface area contributed by atoms with E-state index in [0.717, 1.165) is 17.3 Å². The lowest BCUT2D eigenvalue weighted by atomic mass is 9.93. The van der Waals surface area contributed by atoms with E-state index in [1.807, 2.05) is 0 Å². The number of piperidine rings is 1. The Balaban J connectivity index is 1.53. The van der Waals surface area contributed by atoms with Gasteiger partial charge in [-0.3, -0.25) is 9.69 Å². The Hall–Kier alpha value is -3.20. The van der Waals surface area contributed by atoms with E-state index < -0.39 is 71.7 Å². The van der Waals surface area contributed by atoms with Crippen molar-refractivity contribution in [3.8, 4) is 0 Å². The number of nitrogens with zero attached hydrogens (tertiary/aromatic N) is 4. The first kappa shape index (κ1) is 27.8. The molecule has 1 amide bonds. The number of carbonyl (C=O) groups is 1. The van der Waals surface area contributed by atoms with E-state index in [0.29, 0.717) is 19.0 Å². The van der Waals surface area contributed by atoms with Crippen LogP contribution in [0, 0.1) is 17.6 Å². The van der Waals surface area contributed by atoms with Gasteiger partial charge in [-0.15, -0.1) is 0 Å². The van der Waals surface area contributed by atoms with Crippen LogP contribution < -0.4 is 16.0 Å². The molecule has 8 nitrogen and oxygen atoms in total. The number of halogens is 7. The van der Waals surface area contributed by atoms with Crippen LogP contribution in [0.4, 0.5) is 42.4 Å². The topological polar surface area (TPSA) is 108 Å². The number of benzene rings is 1. The lowest BCUT2D eigenvalue weighted by Gasteiger charge is -2.35. The Kier molecular flexibility index (Phi) is 7.70. The maximum atomic E-state index is 15.4. The normalized spacial score (nSPS) is 24.0. The first-order valence-electron chi connectivity index (χ1n) is 11.7. The van der Waals surface area contributed by atoms with Crippen LogP contribution in [0.5, 0.6) is 0 Å². The van der Waals surface area contributed by atoms with E-state index in [9.17, 15) is 36.2 Å². The molecule has 2 aliphatic heterocycles. The van der Waals surface area contributed by atoms with Crippen molar-refractivity contribution in [3.05, 3.63) is 47.3 Å². The maximum absolute atomic E-state index is 15.4. The van der Waals surface area contributed by atoms with Crippen molar-refractivity contribution in [1.29, 1.82) is 0 Å². The van der Waals surface area contributed by atoms with Crippen LogP contribution in [-0.4, -0.2) is 70.6 Å². The molecule has 4 N–H and O–H groups in total. The number of nitrogens with one attached hydrogen (secondary N) is 1. The first-order valence-corrected chi connectivity index (χ1v) is 11.7. The zero-order chi connectivity index (χ0) is 27.8. The highest BCUT2D eigenvalue weighted by atomic mass is 19.4. The van der Waals surface area contributed by atoms with Crippen molar-refractivity contribution in [2.45, 2.75) is 37.1 Å². The number of aliphatic hydroxyl groups excluding tert-OH is 1. The highest BCUT2D eigenvalue weighted by molar-refractivity contribution is 5.75. The molecular weight excluding hydrogens is 525 g/mol. The standard InChI is InChI=1S/C23H25F7N6O2/c24-15-5-13(23(28,29)30)1-2-14(15)16-6-22(26,27)10-36(16)21-19(25)20(33-11-34-21)32-7-12-3-4-35(8-17(12)37)9-18(31)38/h1-2,5,11-12,16-17,37H,3-4,6-10H2,(H2,31,38)(H,32,33,34). The Morgan fingerprint density at radius 3 is 2.61 bits per heavy atom. The van der Waals surface area contributed by atoms with Gasteiger partial charge in [0.15, 0.2) is 11.6 Å². The first-order chi connectivity index (χ1) is 17.7. The summed E-state index contributed by atoms with van der Waals surface area (Å²) in [6, 6.07) is 0.0755. The minimum Gasteiger partial charge on any atom is -0.391 e. The number of rotatable bonds is 7. The average Bonchev–Trinajstić information content (AvgIpc) is 3.13. The molecule has 2 fully saturated rings. The predicted molar refractivity (Wildman–Crippen MR) is 121 cm³/mol. The number of aromatic nitrogens is 2. The average molecular weight is 550 g/mol. The van der Waals surface area contributed by atoms with Crippen LogP contribution in [0.2, 0.25) is 0 Å². The number of hydrogen-bond donors (Lipinski definition) is 3. The van der Waals surface area contributed by atoms with E-state index in [4.69, 9.17) is 5.73 Å². The molecule has 1 aromatic carbocycles. The minimum atomic E-state index is -4.83. The van der Waals surface area contributed by atoms with Gasteiger partial charge in [-0.2, -0.15) is 17.6 Å². The van der Waals surface area contributed by atoms with E-state index in [1.54, 1.807) is 4.90 Å². The Labute approximate surface area is 212 Å². The molecule has 38 heavy (non-hydrogen) atoms. The van der Waals surface area contributed by atoms with E-state index in [2.05, 4.69) is 15.3 Å². The van der Waals surface area contributed by atoms with Crippen molar-refractivity contribution in [1.82, 2.24) is 14.9 Å². The maximum Gasteiger partial charge on any atom is 0.416 e. The number of amides is 1. The minimum absolute atomic E-state index is 0.0116. The molecule has 4 rings (SSSR count). The van der Waals surface area contributed by atoms with Crippen molar-refractivity contribution >= 4 is 17.5 Å². The number of carbonyl (C=O) groups excluding carboxylic acids is 1. The number of nitrogens with two attached hydrogens (primary N) is 1. The summed E-state index contributed by atoms with van der Waals surface area (Å²) in [5.41, 5.74) is 3.44. The predicted octanol–water partition coefficient (Wildman–Crippen LogP) is 2.94. The van der Waals surface area contributed by atoms with Gasteiger partial charge >= 0.3 is 6.18 Å². The lowest BCUT2D eigenvalue weighted by Crippen LogP contribution is -2.48. The van der Waals surface area contributed by atoms with Crippen LogP contribution in [-0.2, 0) is 11.0 Å². The molecule has 3 heterocycles. The van der Waals surface area contributed by atoms with Gasteiger partial charge in [0.25, 0.3) is 5.92 Å². The molecule has 208 valence electrons. The zero-order valence-corrected chi connectivity index (χ0v) is 19.9. The van der Waals surface area contributed by atoms with Crippen LogP contribution in [0.15, 0.2) is 24.5 Å². The summed E-state index contributed by atoms with van der Waals surface area (Å²) in [6.07, 6.45) is -5.27. The lowest BCUT2D eigenvalue weighted by molar-refractivity contribution is -0.137. The highest BCUT2D eigenvalue weighted by Crippen LogP contribution is 2.45. The van der Waals surface area contributed by atoms with Gasteiger partial charge in [-0.1, -0.05) is 6.07 Å². The third-order valence-corrected chi connectivity index (χ3v) is 6.72. The highest BCUT2D eigenvalue weighted by Gasteiger charge is 2.48. The van der Waals surface area contributed by atoms with Crippen LogP contribution in [0.3, 0.4) is 0 Å². The van der Waals surface area contributed by atoms with Gasteiger partial charge in [0.1, 0.15) is 12.1 Å². The third-order valence-electron chi connectivity index (χ3n) is 6.72. The molecule has 0 spiro atoms. The Morgan fingerprint density at radius 1 is 1.24 bits per heavy atom. The van der Waals surface area contributed by atoms with Gasteiger partial charge in [0.05, 0.1) is 30.8 Å². The molecular formula is C23H25F7N6O2. The summed E-state index contributed by atoms with van der Waals surface area (Å²) in [4.78, 5) is 21.1. The molecule has 3 atom stereocenters. The Morgan fingerprint density at radius 2 is 1.97 bits per heavy atom. The fraction of sp³-hybridized carbons (Fsp3) is 0.522. The van der Waals surface area contributed by atoms with Crippen molar-refractivity contribution in [2.24, 2.45) is 11.7 Å². The van der Waals surface area contributed by atoms with E-state index in [-0.39, 0.29) is 37.4 Å². The molecule has 2 aliphatic rings. The summed E-state index contributed by atoms with van der Waals surface area (Å²) in [6.45, 7) is -0.347. The molecule has 0 aliphatic carbocycles. The van der Waals surface area contributed by atoms with Gasteiger partial charge in [0, 0.05) is 31.0 Å². The summed E-state index contributed by atoms with van der Waals surface area (Å²) < 4.78 is 97.7. The van der Waals surface area contributed by atoms with Crippen molar-refractivity contribution in [3.63, 3.8) is 0 Å². The number of aliphatic hydroxyl groups is 1. The fourth-order valence-electron chi connectivity index (χ4n) is 4.85.